The molecule has 35 heavy (non-hydrogen) atoms. The van der Waals surface area contributed by atoms with Gasteiger partial charge >= 0.3 is 219 Å². The summed E-state index contributed by atoms with van der Waals surface area (Å²) in [6.07, 6.45) is 0. The molecule has 4 rings (SSSR count). The van der Waals surface area contributed by atoms with Crippen LogP contribution >= 0.6 is 0 Å². The molecule has 0 amide bonds. The molecule has 0 saturated carbocycles. The second kappa shape index (κ2) is 10.0. The predicted molar refractivity (Wildman–Crippen MR) is 157 cm³/mol. The molecule has 0 fully saturated rings. The molecule has 0 saturated heterocycles. The summed E-state index contributed by atoms with van der Waals surface area (Å²) in [5.74, 6) is 0. The van der Waals surface area contributed by atoms with Gasteiger partial charge in [0.05, 0.1) is 0 Å². The van der Waals surface area contributed by atoms with E-state index in [1.165, 1.54) is 55.6 Å². The van der Waals surface area contributed by atoms with Crippen LogP contribution in [-0.2, 0) is 3.98 Å². The van der Waals surface area contributed by atoms with E-state index in [0.29, 0.717) is 0 Å². The molecule has 0 spiro atoms. The average Bonchev–Trinajstić information content (AvgIpc) is 2.72. The zero-order chi connectivity index (χ0) is 25.5. The molecule has 0 atom stereocenters. The van der Waals surface area contributed by atoms with Gasteiger partial charge in [-0.2, -0.15) is 0 Å². The van der Waals surface area contributed by atoms with Gasteiger partial charge in [-0.15, -0.1) is 0 Å². The molecular weight excluding hydrogens is 616 g/mol. The summed E-state index contributed by atoms with van der Waals surface area (Å²) in [5.41, 5.74) is 14.4. The van der Waals surface area contributed by atoms with Crippen molar-refractivity contribution in [3.8, 4) is 0 Å². The summed E-state index contributed by atoms with van der Waals surface area (Å²) in [5, 5.41) is 0. The molecule has 180 valence electrons. The maximum atomic E-state index is 2.43. The molecule has 0 aliphatic rings. The van der Waals surface area contributed by atoms with Crippen LogP contribution in [0.1, 0.15) is 55.6 Å². The maximum absolute atomic E-state index is 3.82. The number of hydrogen-bond donors (Lipinski definition) is 0. The van der Waals surface area contributed by atoms with E-state index in [-0.39, 0.29) is 0 Å². The van der Waals surface area contributed by atoms with Gasteiger partial charge in [-0.3, -0.25) is 0 Å². The quantitative estimate of drug-likeness (QED) is 0.210. The summed E-state index contributed by atoms with van der Waals surface area (Å²) >= 11 is -3.82. The van der Waals surface area contributed by atoms with E-state index in [2.05, 4.69) is 129 Å². The number of rotatable bonds is 5. The van der Waals surface area contributed by atoms with Crippen LogP contribution < -0.4 is 9.37 Å². The Morgan fingerprint density at radius 1 is 0.429 bits per heavy atom. The normalized spacial score (nSPS) is 11.7. The molecule has 0 unspecified atom stereocenters. The molecular formula is C34H40Pb. The van der Waals surface area contributed by atoms with Crippen LogP contribution in [0.15, 0.2) is 66.7 Å². The van der Waals surface area contributed by atoms with Crippen LogP contribution in [-0.4, -0.2) is 21.2 Å². The Balaban J connectivity index is 2.28. The topological polar surface area (TPSA) is 0 Å². The van der Waals surface area contributed by atoms with Crippen LogP contribution in [0.5, 0.6) is 0 Å². The van der Waals surface area contributed by atoms with Gasteiger partial charge in [-0.25, -0.2) is 0 Å². The van der Waals surface area contributed by atoms with Crippen LogP contribution in [0.2, 0.25) is 0 Å². The van der Waals surface area contributed by atoms with Gasteiger partial charge in [-0.1, -0.05) is 0 Å². The van der Waals surface area contributed by atoms with Crippen LogP contribution in [0.4, 0.5) is 0 Å². The van der Waals surface area contributed by atoms with Crippen molar-refractivity contribution in [1.82, 2.24) is 0 Å². The van der Waals surface area contributed by atoms with Crippen molar-refractivity contribution >= 4 is 30.5 Å². The number of aryl methyl sites for hydroxylation is 9. The van der Waals surface area contributed by atoms with Crippen molar-refractivity contribution < 1.29 is 0 Å². The Kier molecular flexibility index (Phi) is 7.43. The summed E-state index contributed by atoms with van der Waals surface area (Å²) < 4.78 is 6.18. The van der Waals surface area contributed by atoms with Crippen molar-refractivity contribution in [2.24, 2.45) is 0 Å². The van der Waals surface area contributed by atoms with Gasteiger partial charge < -0.3 is 0 Å². The van der Waals surface area contributed by atoms with Crippen molar-refractivity contribution in [3.05, 3.63) is 122 Å². The Hall–Kier alpha value is -2.20. The van der Waals surface area contributed by atoms with Gasteiger partial charge in [0, 0.05) is 0 Å². The third kappa shape index (κ3) is 4.79. The van der Waals surface area contributed by atoms with Crippen molar-refractivity contribution in [1.29, 1.82) is 0 Å². The summed E-state index contributed by atoms with van der Waals surface area (Å²) in [4.78, 5) is 0. The monoisotopic (exact) mass is 656 g/mol. The SMILES string of the molecule is Cc1cc(C)[c]([Pb]([CH2]c2ccccc2)([c]2c(C)cc(C)cc2C)[c]2c(C)cc(C)cc2C)c(C)c1. The molecule has 0 aliphatic carbocycles. The minimum atomic E-state index is -3.82. The Morgan fingerprint density at radius 2 is 0.714 bits per heavy atom. The van der Waals surface area contributed by atoms with Gasteiger partial charge in [0.25, 0.3) is 0 Å². The van der Waals surface area contributed by atoms with Crippen molar-refractivity contribution in [3.63, 3.8) is 0 Å². The van der Waals surface area contributed by atoms with E-state index in [1.54, 1.807) is 9.37 Å². The Bertz CT molecular complexity index is 1180. The standard InChI is InChI=1S/3C9H11.C7H7.Pb/c3*1-7-4-8(2)6-9(3)5-7;1-7-5-3-2-4-6-7;/h3*4-5H,1-3H3;2-6H,1H2;. The molecule has 0 heterocycles. The van der Waals surface area contributed by atoms with Crippen LogP contribution in [0.25, 0.3) is 0 Å². The third-order valence-corrected chi connectivity index (χ3v) is 30.4. The van der Waals surface area contributed by atoms with Gasteiger partial charge in [-0.05, 0) is 0 Å². The van der Waals surface area contributed by atoms with E-state index in [0.717, 1.165) is 3.98 Å². The molecule has 4 aromatic carbocycles. The predicted octanol–water partition coefficient (Wildman–Crippen LogP) is 6.71. The molecule has 0 radical (unpaired) electrons. The van der Waals surface area contributed by atoms with E-state index in [4.69, 9.17) is 0 Å². The van der Waals surface area contributed by atoms with E-state index < -0.39 is 21.2 Å². The molecule has 0 nitrogen and oxygen atoms in total. The second-order valence-electron chi connectivity index (χ2n) is 10.9. The first-order valence-corrected chi connectivity index (χ1v) is 21.4. The van der Waals surface area contributed by atoms with Gasteiger partial charge in [0.1, 0.15) is 0 Å². The van der Waals surface area contributed by atoms with Crippen molar-refractivity contribution in [2.75, 3.05) is 0 Å². The van der Waals surface area contributed by atoms with Crippen LogP contribution in [0, 0.1) is 62.3 Å². The zero-order valence-electron chi connectivity index (χ0n) is 23.1. The fraction of sp³-hybridized carbons (Fsp3) is 0.294. The Labute approximate surface area is 218 Å². The number of hydrogen-bond acceptors (Lipinski definition) is 0. The molecule has 1 heteroatoms. The van der Waals surface area contributed by atoms with Gasteiger partial charge in [0.15, 0.2) is 0 Å². The van der Waals surface area contributed by atoms with Crippen LogP contribution in [0.3, 0.4) is 0 Å². The second-order valence-corrected chi connectivity index (χ2v) is 25.1. The van der Waals surface area contributed by atoms with E-state index >= 15 is 0 Å². The third-order valence-electron chi connectivity index (χ3n) is 7.62. The summed E-state index contributed by atoms with van der Waals surface area (Å²) in [7, 11) is 0. The summed E-state index contributed by atoms with van der Waals surface area (Å²) in [6, 6.07) is 25.9. The van der Waals surface area contributed by atoms with Gasteiger partial charge in [0.2, 0.25) is 0 Å². The van der Waals surface area contributed by atoms with E-state index in [9.17, 15) is 0 Å². The molecule has 4 aromatic rings. The molecule has 0 aliphatic heterocycles. The number of benzene rings is 4. The molecule has 0 aromatic heterocycles. The minimum absolute atomic E-state index is 1.15. The van der Waals surface area contributed by atoms with E-state index in [1.807, 2.05) is 0 Å². The van der Waals surface area contributed by atoms with Crippen molar-refractivity contribution in [2.45, 2.75) is 66.3 Å². The Morgan fingerprint density at radius 3 is 1.00 bits per heavy atom. The first-order chi connectivity index (χ1) is 16.5. The average molecular weight is 656 g/mol. The fourth-order valence-electron chi connectivity index (χ4n) is 7.10. The summed E-state index contributed by atoms with van der Waals surface area (Å²) in [6.45, 7) is 20.9. The first kappa shape index (κ1) is 25.9. The fourth-order valence-corrected chi connectivity index (χ4v) is 32.8. The zero-order valence-corrected chi connectivity index (χ0v) is 26.9. The molecule has 0 bridgehead atoms. The first-order valence-electron chi connectivity index (χ1n) is 12.8. The molecule has 0 N–H and O–H groups in total.